The van der Waals surface area contributed by atoms with Crippen LogP contribution in [-0.4, -0.2) is 51.6 Å². The Labute approximate surface area is 156 Å². The predicted octanol–water partition coefficient (Wildman–Crippen LogP) is 3.43. The van der Waals surface area contributed by atoms with Gasteiger partial charge in [0.05, 0.1) is 13.7 Å². The number of piperidine rings is 1. The lowest BCUT2D eigenvalue weighted by atomic mass is 9.90. The molecule has 0 saturated carbocycles. The summed E-state index contributed by atoms with van der Waals surface area (Å²) in [4.78, 5) is 0. The molecule has 1 atom stereocenters. The topological polar surface area (TPSA) is 82.1 Å². The Bertz CT molecular complexity index is 713. The Hall–Kier alpha value is -0.920. The number of methoxy groups -OCH3 is 1. The van der Waals surface area contributed by atoms with E-state index in [0.717, 1.165) is 18.6 Å². The lowest BCUT2D eigenvalue weighted by Gasteiger charge is -2.31. The van der Waals surface area contributed by atoms with Crippen molar-refractivity contribution in [1.82, 2.24) is 4.31 Å². The molecule has 0 amide bonds. The van der Waals surface area contributed by atoms with Gasteiger partial charge in [-0.15, -0.1) is 0 Å². The minimum absolute atomic E-state index is 0.149. The van der Waals surface area contributed by atoms with E-state index in [4.69, 9.17) is 13.8 Å². The molecular weight excluding hydrogens is 377 g/mol. The van der Waals surface area contributed by atoms with Gasteiger partial charge in [-0.05, 0) is 43.4 Å². The van der Waals surface area contributed by atoms with Gasteiger partial charge in [-0.2, -0.15) is 4.31 Å². The first kappa shape index (κ1) is 21.4. The van der Waals surface area contributed by atoms with E-state index in [0.29, 0.717) is 19.0 Å². The molecule has 1 aliphatic heterocycles. The lowest BCUT2D eigenvalue weighted by Crippen LogP contribution is -2.39. The molecule has 2 rings (SSSR count). The van der Waals surface area contributed by atoms with Crippen molar-refractivity contribution in [1.29, 1.82) is 0 Å². The molecule has 0 spiro atoms. The molecule has 1 aliphatic rings. The normalized spacial score (nSPS) is 19.2. The molecule has 7 nitrogen and oxygen atoms in total. The summed E-state index contributed by atoms with van der Waals surface area (Å²) in [5.74, 6) is 0.518. The van der Waals surface area contributed by atoms with Crippen molar-refractivity contribution in [2.75, 3.05) is 38.9 Å². The van der Waals surface area contributed by atoms with Crippen molar-refractivity contribution < 1.29 is 26.8 Å². The second-order valence-corrected chi connectivity index (χ2v) is 10.4. The molecular formula is C17H28NO6PS. The maximum atomic E-state index is 12.5. The van der Waals surface area contributed by atoms with Crippen molar-refractivity contribution in [3.8, 4) is 5.75 Å². The van der Waals surface area contributed by atoms with Crippen LogP contribution in [0.2, 0.25) is 0 Å². The number of hydrogen-bond donors (Lipinski definition) is 0. The van der Waals surface area contributed by atoms with Crippen molar-refractivity contribution >= 4 is 17.6 Å². The number of rotatable bonds is 9. The summed E-state index contributed by atoms with van der Waals surface area (Å²) in [6.07, 6.45) is 1.63. The maximum absolute atomic E-state index is 12.5. The van der Waals surface area contributed by atoms with Gasteiger partial charge in [0.2, 0.25) is 10.0 Å². The van der Waals surface area contributed by atoms with Crippen LogP contribution in [0.4, 0.5) is 0 Å². The standard InChI is InChI=1S/C17H28NO6PS/c1-4-23-25(19,5-2)24-14-26(20,21)18-12-10-16(11-13-18)15-6-8-17(22-3)9-7-15/h6-9,16H,4-5,10-14H2,1-3H3. The van der Waals surface area contributed by atoms with Gasteiger partial charge in [-0.25, -0.2) is 8.42 Å². The van der Waals surface area contributed by atoms with Crippen LogP contribution >= 0.6 is 7.60 Å². The SMILES string of the molecule is CCOP(=O)(CC)OCS(=O)(=O)N1CCC(c2ccc(OC)cc2)CC1. The van der Waals surface area contributed by atoms with E-state index in [2.05, 4.69) is 0 Å². The van der Waals surface area contributed by atoms with Crippen molar-refractivity contribution in [3.05, 3.63) is 29.8 Å². The molecule has 0 N–H and O–H groups in total. The number of benzene rings is 1. The first-order valence-electron chi connectivity index (χ1n) is 8.83. The molecule has 1 unspecified atom stereocenters. The molecule has 1 fully saturated rings. The summed E-state index contributed by atoms with van der Waals surface area (Å²) in [7, 11) is -5.33. The van der Waals surface area contributed by atoms with Gasteiger partial charge in [0.15, 0.2) is 5.94 Å². The average Bonchev–Trinajstić information content (AvgIpc) is 2.67. The first-order chi connectivity index (χ1) is 12.3. The van der Waals surface area contributed by atoms with Crippen molar-refractivity contribution in [2.24, 2.45) is 0 Å². The smallest absolute Gasteiger partial charge is 0.331 e. The third-order valence-electron chi connectivity index (χ3n) is 4.55. The highest BCUT2D eigenvalue weighted by molar-refractivity contribution is 7.89. The minimum atomic E-state index is -3.62. The minimum Gasteiger partial charge on any atom is -0.497 e. The van der Waals surface area contributed by atoms with Crippen LogP contribution in [0.3, 0.4) is 0 Å². The molecule has 1 aromatic rings. The molecule has 0 bridgehead atoms. The molecule has 0 aromatic heterocycles. The van der Waals surface area contributed by atoms with E-state index in [1.807, 2.05) is 24.3 Å². The zero-order chi connectivity index (χ0) is 19.2. The van der Waals surface area contributed by atoms with Crippen LogP contribution in [0.15, 0.2) is 24.3 Å². The van der Waals surface area contributed by atoms with E-state index in [1.54, 1.807) is 21.0 Å². The van der Waals surface area contributed by atoms with Crippen LogP contribution < -0.4 is 4.74 Å². The summed E-state index contributed by atoms with van der Waals surface area (Å²) in [6, 6.07) is 7.89. The molecule has 0 aliphatic carbocycles. The number of ether oxygens (including phenoxy) is 1. The van der Waals surface area contributed by atoms with Crippen LogP contribution in [0.25, 0.3) is 0 Å². The predicted molar refractivity (Wildman–Crippen MR) is 101 cm³/mol. The Morgan fingerprint density at radius 2 is 1.73 bits per heavy atom. The summed E-state index contributed by atoms with van der Waals surface area (Å²) in [6.45, 7) is 4.42. The largest absolute Gasteiger partial charge is 0.497 e. The van der Waals surface area contributed by atoms with Crippen LogP contribution in [-0.2, 0) is 23.6 Å². The first-order valence-corrected chi connectivity index (χ1v) is 12.2. The summed E-state index contributed by atoms with van der Waals surface area (Å²) < 4.78 is 54.1. The van der Waals surface area contributed by atoms with Gasteiger partial charge >= 0.3 is 7.60 Å². The van der Waals surface area contributed by atoms with Gasteiger partial charge in [0.25, 0.3) is 0 Å². The van der Waals surface area contributed by atoms with E-state index in [-0.39, 0.29) is 12.8 Å². The Morgan fingerprint density at radius 1 is 1.12 bits per heavy atom. The Balaban J connectivity index is 1.92. The van der Waals surface area contributed by atoms with E-state index in [9.17, 15) is 13.0 Å². The molecule has 26 heavy (non-hydrogen) atoms. The van der Waals surface area contributed by atoms with Gasteiger partial charge in [0.1, 0.15) is 5.75 Å². The maximum Gasteiger partial charge on any atom is 0.331 e. The number of nitrogens with zero attached hydrogens (tertiary/aromatic N) is 1. The third-order valence-corrected chi connectivity index (χ3v) is 8.24. The summed E-state index contributed by atoms with van der Waals surface area (Å²) >= 11 is 0. The summed E-state index contributed by atoms with van der Waals surface area (Å²) in [5.41, 5.74) is 1.19. The Morgan fingerprint density at radius 3 is 2.23 bits per heavy atom. The fourth-order valence-corrected chi connectivity index (χ4v) is 5.91. The molecule has 1 aromatic carbocycles. The van der Waals surface area contributed by atoms with Gasteiger partial charge in [0, 0.05) is 19.3 Å². The molecule has 148 valence electrons. The van der Waals surface area contributed by atoms with Crippen LogP contribution in [0, 0.1) is 0 Å². The number of hydrogen-bond acceptors (Lipinski definition) is 6. The molecule has 0 radical (unpaired) electrons. The highest BCUT2D eigenvalue weighted by Gasteiger charge is 2.31. The molecule has 9 heteroatoms. The highest BCUT2D eigenvalue weighted by atomic mass is 32.2. The summed E-state index contributed by atoms with van der Waals surface area (Å²) in [5, 5.41) is 0. The van der Waals surface area contributed by atoms with E-state index >= 15 is 0 Å². The third kappa shape index (κ3) is 5.54. The monoisotopic (exact) mass is 405 g/mol. The second-order valence-electron chi connectivity index (χ2n) is 6.15. The highest BCUT2D eigenvalue weighted by Crippen LogP contribution is 2.47. The zero-order valence-corrected chi connectivity index (χ0v) is 17.3. The molecule has 1 heterocycles. The fourth-order valence-electron chi connectivity index (χ4n) is 2.98. The van der Waals surface area contributed by atoms with Gasteiger partial charge < -0.3 is 9.26 Å². The van der Waals surface area contributed by atoms with Crippen molar-refractivity contribution in [3.63, 3.8) is 0 Å². The lowest BCUT2D eigenvalue weighted by molar-refractivity contribution is 0.229. The Kier molecular flexibility index (Phi) is 7.67. The van der Waals surface area contributed by atoms with Gasteiger partial charge in [-0.3, -0.25) is 9.09 Å². The van der Waals surface area contributed by atoms with Crippen molar-refractivity contribution in [2.45, 2.75) is 32.6 Å². The second kappa shape index (κ2) is 9.33. The molecule has 1 saturated heterocycles. The van der Waals surface area contributed by atoms with E-state index in [1.165, 1.54) is 9.87 Å². The van der Waals surface area contributed by atoms with Crippen LogP contribution in [0.5, 0.6) is 5.75 Å². The van der Waals surface area contributed by atoms with E-state index < -0.39 is 23.6 Å². The quantitative estimate of drug-likeness (QED) is 0.586. The number of sulfonamides is 1. The van der Waals surface area contributed by atoms with Crippen LogP contribution in [0.1, 0.15) is 38.2 Å². The zero-order valence-electron chi connectivity index (χ0n) is 15.6. The fraction of sp³-hybridized carbons (Fsp3) is 0.647. The average molecular weight is 405 g/mol. The van der Waals surface area contributed by atoms with Gasteiger partial charge in [-0.1, -0.05) is 19.1 Å².